The molecule has 1 aliphatic carbocycles. The number of ether oxygens (including phenoxy) is 1. The van der Waals surface area contributed by atoms with Crippen molar-refractivity contribution in [1.82, 2.24) is 5.32 Å². The molecule has 0 saturated heterocycles. The summed E-state index contributed by atoms with van der Waals surface area (Å²) in [6, 6.07) is 0.896. The van der Waals surface area contributed by atoms with Crippen LogP contribution >= 0.6 is 11.3 Å². The maximum Gasteiger partial charge on any atom is 0.349 e. The number of carbonyl (C=O) groups is 3. The molecule has 0 fully saturated rings. The Labute approximate surface area is 133 Å². The van der Waals surface area contributed by atoms with Gasteiger partial charge >= 0.3 is 12.0 Å². The van der Waals surface area contributed by atoms with E-state index in [1.807, 2.05) is 11.4 Å². The number of hydrogen-bond acceptors (Lipinski definition) is 5. The van der Waals surface area contributed by atoms with Gasteiger partial charge in [-0.1, -0.05) is 13.3 Å². The second-order valence-corrected chi connectivity index (χ2v) is 6.61. The van der Waals surface area contributed by atoms with Crippen molar-refractivity contribution < 1.29 is 19.1 Å². The van der Waals surface area contributed by atoms with Crippen molar-refractivity contribution >= 4 is 29.2 Å². The van der Waals surface area contributed by atoms with Gasteiger partial charge in [-0.05, 0) is 43.7 Å². The first-order chi connectivity index (χ1) is 10.4. The molecule has 0 aromatic carbocycles. The molecular weight excluding hydrogens is 304 g/mol. The highest BCUT2D eigenvalue weighted by Crippen LogP contribution is 2.33. The van der Waals surface area contributed by atoms with E-state index < -0.39 is 24.0 Å². The number of fused-ring (bicyclic) bond motifs is 1. The first kappa shape index (κ1) is 16.5. The van der Waals surface area contributed by atoms with Gasteiger partial charge in [0.05, 0.1) is 0 Å². The van der Waals surface area contributed by atoms with Gasteiger partial charge < -0.3 is 10.5 Å². The maximum atomic E-state index is 12.1. The van der Waals surface area contributed by atoms with E-state index in [1.54, 1.807) is 0 Å². The normalized spacial score (nSPS) is 18.2. The van der Waals surface area contributed by atoms with Gasteiger partial charge in [0.2, 0.25) is 0 Å². The Morgan fingerprint density at radius 3 is 2.86 bits per heavy atom. The van der Waals surface area contributed by atoms with Crippen LogP contribution in [0, 0.1) is 5.92 Å². The number of thiophene rings is 1. The van der Waals surface area contributed by atoms with E-state index in [-0.39, 0.29) is 0 Å². The zero-order valence-corrected chi connectivity index (χ0v) is 13.5. The minimum Gasteiger partial charge on any atom is -0.448 e. The lowest BCUT2D eigenvalue weighted by Crippen LogP contribution is -2.42. The van der Waals surface area contributed by atoms with Crippen molar-refractivity contribution in [2.45, 2.75) is 45.6 Å². The fourth-order valence-corrected chi connectivity index (χ4v) is 3.63. The number of urea groups is 1. The third-order valence-electron chi connectivity index (χ3n) is 3.86. The summed E-state index contributed by atoms with van der Waals surface area (Å²) in [5.74, 6) is -0.598. The van der Waals surface area contributed by atoms with Crippen molar-refractivity contribution in [2.24, 2.45) is 11.7 Å². The standard InChI is InChI=1S/C15H20N2O4S/c1-3-9-4-5-11-10(6-9)7-12(22-11)14(19)21-8(2)13(18)17-15(16)20/h7-9H,3-6H2,1-2H3,(H3,16,17,18,20)/t8-,9+/m0/s1. The highest BCUT2D eigenvalue weighted by molar-refractivity contribution is 7.14. The molecular formula is C15H20N2O4S. The van der Waals surface area contributed by atoms with E-state index >= 15 is 0 Å². The highest BCUT2D eigenvalue weighted by atomic mass is 32.1. The summed E-state index contributed by atoms with van der Waals surface area (Å²) in [6.45, 7) is 3.58. The summed E-state index contributed by atoms with van der Waals surface area (Å²) in [4.78, 5) is 36.0. The van der Waals surface area contributed by atoms with Crippen LogP contribution in [0.1, 0.15) is 46.8 Å². The van der Waals surface area contributed by atoms with Crippen LogP contribution in [0.5, 0.6) is 0 Å². The van der Waals surface area contributed by atoms with Crippen LogP contribution in [0.15, 0.2) is 6.07 Å². The molecule has 2 rings (SSSR count). The number of esters is 1. The van der Waals surface area contributed by atoms with Gasteiger partial charge in [0.15, 0.2) is 6.10 Å². The summed E-state index contributed by atoms with van der Waals surface area (Å²) >= 11 is 1.43. The van der Waals surface area contributed by atoms with Crippen LogP contribution in [0.3, 0.4) is 0 Å². The largest absolute Gasteiger partial charge is 0.448 e. The number of nitrogens with one attached hydrogen (secondary N) is 1. The third-order valence-corrected chi connectivity index (χ3v) is 5.08. The molecule has 0 aliphatic heterocycles. The Balaban J connectivity index is 2.00. The van der Waals surface area contributed by atoms with Crippen molar-refractivity contribution in [2.75, 3.05) is 0 Å². The van der Waals surface area contributed by atoms with Crippen LogP contribution in [-0.4, -0.2) is 24.0 Å². The van der Waals surface area contributed by atoms with Crippen molar-refractivity contribution in [3.8, 4) is 0 Å². The van der Waals surface area contributed by atoms with Gasteiger partial charge in [0.25, 0.3) is 5.91 Å². The molecule has 0 unspecified atom stereocenters. The average molecular weight is 324 g/mol. The van der Waals surface area contributed by atoms with Gasteiger partial charge in [0.1, 0.15) is 4.88 Å². The predicted molar refractivity (Wildman–Crippen MR) is 82.7 cm³/mol. The highest BCUT2D eigenvalue weighted by Gasteiger charge is 2.25. The lowest BCUT2D eigenvalue weighted by atomic mass is 9.87. The molecule has 7 heteroatoms. The number of hydrogen-bond donors (Lipinski definition) is 2. The Bertz CT molecular complexity index is 596. The molecule has 3 N–H and O–H groups in total. The van der Waals surface area contributed by atoms with E-state index in [4.69, 9.17) is 10.5 Å². The predicted octanol–water partition coefficient (Wildman–Crippen LogP) is 2.00. The first-order valence-electron chi connectivity index (χ1n) is 7.33. The molecule has 0 spiro atoms. The number of amides is 3. The number of rotatable bonds is 4. The Morgan fingerprint density at radius 2 is 2.23 bits per heavy atom. The van der Waals surface area contributed by atoms with Crippen molar-refractivity contribution in [1.29, 1.82) is 0 Å². The molecule has 0 bridgehead atoms. The van der Waals surface area contributed by atoms with Crippen molar-refractivity contribution in [3.63, 3.8) is 0 Å². The molecule has 120 valence electrons. The number of primary amides is 1. The molecule has 6 nitrogen and oxygen atoms in total. The molecule has 2 atom stereocenters. The number of imide groups is 1. The summed E-state index contributed by atoms with van der Waals surface area (Å²) in [6.07, 6.45) is 3.20. The summed E-state index contributed by atoms with van der Waals surface area (Å²) in [5, 5.41) is 1.89. The third kappa shape index (κ3) is 3.85. The Hall–Kier alpha value is -1.89. The second kappa shape index (κ2) is 6.91. The van der Waals surface area contributed by atoms with Gasteiger partial charge in [0, 0.05) is 4.88 Å². The molecule has 22 heavy (non-hydrogen) atoms. The maximum absolute atomic E-state index is 12.1. The second-order valence-electron chi connectivity index (χ2n) is 5.48. The van der Waals surface area contributed by atoms with Crippen molar-refractivity contribution in [3.05, 3.63) is 21.4 Å². The fraction of sp³-hybridized carbons (Fsp3) is 0.533. The van der Waals surface area contributed by atoms with E-state index in [9.17, 15) is 14.4 Å². The van der Waals surface area contributed by atoms with Crippen LogP contribution in [-0.2, 0) is 22.4 Å². The molecule has 3 amide bonds. The minimum absolute atomic E-state index is 0.500. The van der Waals surface area contributed by atoms with Crippen LogP contribution < -0.4 is 11.1 Å². The lowest BCUT2D eigenvalue weighted by Gasteiger charge is -2.19. The van der Waals surface area contributed by atoms with E-state index in [1.165, 1.54) is 28.7 Å². The first-order valence-corrected chi connectivity index (χ1v) is 8.15. The summed E-state index contributed by atoms with van der Waals surface area (Å²) < 4.78 is 5.08. The SMILES string of the molecule is CC[C@@H]1CCc2sc(C(=O)O[C@@H](C)C(=O)NC(N)=O)cc2C1. The monoisotopic (exact) mass is 324 g/mol. The summed E-state index contributed by atoms with van der Waals surface area (Å²) in [5.41, 5.74) is 6.07. The topological polar surface area (TPSA) is 98.5 Å². The quantitative estimate of drug-likeness (QED) is 0.828. The van der Waals surface area contributed by atoms with E-state index in [0.29, 0.717) is 10.8 Å². The Morgan fingerprint density at radius 1 is 1.50 bits per heavy atom. The molecule has 1 aromatic heterocycles. The fourth-order valence-electron chi connectivity index (χ4n) is 2.54. The minimum atomic E-state index is -1.07. The lowest BCUT2D eigenvalue weighted by molar-refractivity contribution is -0.127. The van der Waals surface area contributed by atoms with E-state index in [0.717, 1.165) is 25.7 Å². The molecule has 1 aliphatic rings. The molecule has 0 radical (unpaired) electrons. The number of nitrogens with two attached hydrogens (primary N) is 1. The molecule has 1 heterocycles. The summed E-state index contributed by atoms with van der Waals surface area (Å²) in [7, 11) is 0. The zero-order valence-electron chi connectivity index (χ0n) is 12.7. The number of carbonyl (C=O) groups excluding carboxylic acids is 3. The molecule has 1 aromatic rings. The van der Waals surface area contributed by atoms with Gasteiger partial charge in [-0.15, -0.1) is 11.3 Å². The van der Waals surface area contributed by atoms with Crippen LogP contribution in [0.25, 0.3) is 0 Å². The van der Waals surface area contributed by atoms with E-state index in [2.05, 4.69) is 6.92 Å². The Kier molecular flexibility index (Phi) is 5.18. The molecule has 0 saturated carbocycles. The van der Waals surface area contributed by atoms with Gasteiger partial charge in [-0.25, -0.2) is 9.59 Å². The number of aryl methyl sites for hydroxylation is 1. The van der Waals surface area contributed by atoms with Crippen LogP contribution in [0.4, 0.5) is 4.79 Å². The van der Waals surface area contributed by atoms with Gasteiger partial charge in [-0.3, -0.25) is 10.1 Å². The smallest absolute Gasteiger partial charge is 0.349 e. The van der Waals surface area contributed by atoms with Crippen LogP contribution in [0.2, 0.25) is 0 Å². The average Bonchev–Trinajstić information content (AvgIpc) is 2.89. The van der Waals surface area contributed by atoms with Gasteiger partial charge in [-0.2, -0.15) is 0 Å². The zero-order chi connectivity index (χ0) is 16.3.